The predicted octanol–water partition coefficient (Wildman–Crippen LogP) is 0.320. The maximum atomic E-state index is 12.7. The minimum Gasteiger partial charge on any atom is -0.357 e. The monoisotopic (exact) mass is 395 g/mol. The molecule has 29 heavy (non-hydrogen) atoms. The van der Waals surface area contributed by atoms with Gasteiger partial charge in [-0.2, -0.15) is 5.10 Å². The van der Waals surface area contributed by atoms with Gasteiger partial charge in [0.2, 0.25) is 5.91 Å². The van der Waals surface area contributed by atoms with E-state index in [1.165, 1.54) is 0 Å². The fraction of sp³-hybridized carbons (Fsp3) is 0.421. The van der Waals surface area contributed by atoms with Gasteiger partial charge < -0.3 is 15.1 Å². The van der Waals surface area contributed by atoms with Gasteiger partial charge in [-0.1, -0.05) is 6.07 Å². The first-order valence-electron chi connectivity index (χ1n) is 9.76. The van der Waals surface area contributed by atoms with E-state index < -0.39 is 0 Å². The Labute approximate surface area is 168 Å². The van der Waals surface area contributed by atoms with Crippen LogP contribution in [0, 0.1) is 0 Å². The van der Waals surface area contributed by atoms with Crippen molar-refractivity contribution < 1.29 is 4.79 Å². The predicted molar refractivity (Wildman–Crippen MR) is 110 cm³/mol. The van der Waals surface area contributed by atoms with Crippen LogP contribution in [0.15, 0.2) is 41.8 Å². The Morgan fingerprint density at radius 2 is 2.17 bits per heavy atom. The highest BCUT2D eigenvalue weighted by Crippen LogP contribution is 2.16. The van der Waals surface area contributed by atoms with Crippen LogP contribution >= 0.6 is 0 Å². The average molecular weight is 395 g/mol. The second-order valence-electron chi connectivity index (χ2n) is 6.87. The highest BCUT2D eigenvalue weighted by Gasteiger charge is 2.27. The van der Waals surface area contributed by atoms with E-state index in [9.17, 15) is 4.79 Å². The molecular weight excluding hydrogens is 370 g/mol. The summed E-state index contributed by atoms with van der Waals surface area (Å²) in [6, 6.07) is 5.83. The van der Waals surface area contributed by atoms with E-state index in [2.05, 4.69) is 20.6 Å². The third-order valence-electron chi connectivity index (χ3n) is 4.84. The zero-order valence-electron chi connectivity index (χ0n) is 16.7. The molecular formula is C19H25N9O. The largest absolute Gasteiger partial charge is 0.357 e. The average Bonchev–Trinajstić information content (AvgIpc) is 3.34. The summed E-state index contributed by atoms with van der Waals surface area (Å²) in [7, 11) is 1.85. The summed E-state index contributed by atoms with van der Waals surface area (Å²) in [6.07, 6.45) is 6.20. The number of aromatic nitrogens is 5. The molecule has 0 atom stereocenters. The molecule has 0 aliphatic carbocycles. The summed E-state index contributed by atoms with van der Waals surface area (Å²) in [5.41, 5.74) is 1.66. The molecule has 0 unspecified atom stereocenters. The molecule has 1 fully saturated rings. The molecule has 0 bridgehead atoms. The number of carbonyl (C=O) groups is 1. The third kappa shape index (κ3) is 4.05. The molecule has 1 N–H and O–H groups in total. The first-order valence-corrected chi connectivity index (χ1v) is 9.76. The topological polar surface area (TPSA) is 95.9 Å². The molecule has 1 aliphatic heterocycles. The van der Waals surface area contributed by atoms with Crippen molar-refractivity contribution in [3.63, 3.8) is 0 Å². The summed E-state index contributed by atoms with van der Waals surface area (Å²) in [5, 5.41) is 15.9. The number of amides is 1. The van der Waals surface area contributed by atoms with Crippen LogP contribution in [0.1, 0.15) is 12.7 Å². The van der Waals surface area contributed by atoms with Crippen LogP contribution in [0.2, 0.25) is 0 Å². The van der Waals surface area contributed by atoms with Crippen molar-refractivity contribution in [1.29, 1.82) is 0 Å². The summed E-state index contributed by atoms with van der Waals surface area (Å²) in [4.78, 5) is 21.2. The van der Waals surface area contributed by atoms with Crippen LogP contribution in [0.5, 0.6) is 0 Å². The number of hydrogen-bond donors (Lipinski definition) is 1. The summed E-state index contributed by atoms with van der Waals surface area (Å²) >= 11 is 0. The van der Waals surface area contributed by atoms with Gasteiger partial charge in [0.25, 0.3) is 0 Å². The number of piperazine rings is 1. The second-order valence-corrected chi connectivity index (χ2v) is 6.87. The Hall–Kier alpha value is -3.43. The molecule has 10 heteroatoms. The van der Waals surface area contributed by atoms with Crippen molar-refractivity contribution in [1.82, 2.24) is 34.6 Å². The van der Waals surface area contributed by atoms with E-state index in [0.717, 1.165) is 29.7 Å². The van der Waals surface area contributed by atoms with Crippen LogP contribution in [0.4, 0.5) is 5.69 Å². The second kappa shape index (κ2) is 8.29. The number of rotatable bonds is 5. The van der Waals surface area contributed by atoms with E-state index >= 15 is 0 Å². The lowest BCUT2D eigenvalue weighted by molar-refractivity contribution is -0.120. The van der Waals surface area contributed by atoms with Crippen LogP contribution in [-0.4, -0.2) is 73.9 Å². The number of aliphatic imine (C=N–C) groups is 1. The smallest absolute Gasteiger partial charge is 0.246 e. The molecule has 152 valence electrons. The Bertz CT molecular complexity index is 1020. The molecule has 1 amide bonds. The number of nitrogens with one attached hydrogen (secondary N) is 1. The van der Waals surface area contributed by atoms with Crippen molar-refractivity contribution >= 4 is 23.2 Å². The number of fused-ring (bicyclic) bond motifs is 1. The van der Waals surface area contributed by atoms with Gasteiger partial charge in [-0.05, 0) is 19.1 Å². The highest BCUT2D eigenvalue weighted by molar-refractivity contribution is 5.98. The zero-order chi connectivity index (χ0) is 20.2. The van der Waals surface area contributed by atoms with Crippen molar-refractivity contribution in [2.75, 3.05) is 37.6 Å². The van der Waals surface area contributed by atoms with Crippen molar-refractivity contribution in [2.24, 2.45) is 12.0 Å². The first kappa shape index (κ1) is 18.9. The molecule has 0 spiro atoms. The van der Waals surface area contributed by atoms with E-state index in [1.807, 2.05) is 53.9 Å². The number of anilines is 1. The first-order chi connectivity index (χ1) is 14.2. The Kier molecular flexibility index (Phi) is 5.41. The maximum absolute atomic E-state index is 12.7. The van der Waals surface area contributed by atoms with Crippen LogP contribution in [0.3, 0.4) is 0 Å². The Morgan fingerprint density at radius 3 is 2.93 bits per heavy atom. The summed E-state index contributed by atoms with van der Waals surface area (Å²) in [5.74, 6) is 1.66. The lowest BCUT2D eigenvalue weighted by atomic mass is 10.3. The van der Waals surface area contributed by atoms with Crippen LogP contribution in [0.25, 0.3) is 5.65 Å². The van der Waals surface area contributed by atoms with Gasteiger partial charge in [0, 0.05) is 52.0 Å². The molecule has 4 heterocycles. The molecule has 0 saturated carbocycles. The minimum absolute atomic E-state index is 0.0401. The number of pyridine rings is 1. The Balaban J connectivity index is 1.41. The van der Waals surface area contributed by atoms with Gasteiger partial charge in [-0.15, -0.1) is 10.2 Å². The number of hydrogen-bond acceptors (Lipinski definition) is 5. The molecule has 1 saturated heterocycles. The quantitative estimate of drug-likeness (QED) is 0.494. The standard InChI is InChI=1S/C19H25N9O/c1-3-20-19(21-8-7-17-24-23-16-6-4-5-9-28(16)17)26-10-11-27(18(29)14-26)15-12-22-25(2)13-15/h4-6,9,12-13H,3,7-8,10-11,14H2,1-2H3,(H,20,21). The number of nitrogens with zero attached hydrogens (tertiary/aromatic N) is 8. The highest BCUT2D eigenvalue weighted by atomic mass is 16.2. The maximum Gasteiger partial charge on any atom is 0.246 e. The van der Waals surface area contributed by atoms with Gasteiger partial charge in [-0.25, -0.2) is 0 Å². The van der Waals surface area contributed by atoms with Gasteiger partial charge in [0.05, 0.1) is 11.9 Å². The number of aryl methyl sites for hydroxylation is 1. The summed E-state index contributed by atoms with van der Waals surface area (Å²) < 4.78 is 3.67. The zero-order valence-corrected chi connectivity index (χ0v) is 16.7. The lowest BCUT2D eigenvalue weighted by Gasteiger charge is -2.35. The number of guanidine groups is 1. The van der Waals surface area contributed by atoms with E-state index in [-0.39, 0.29) is 12.5 Å². The van der Waals surface area contributed by atoms with Gasteiger partial charge in [-0.3, -0.25) is 18.9 Å². The van der Waals surface area contributed by atoms with E-state index in [4.69, 9.17) is 4.99 Å². The molecule has 1 aliphatic rings. The molecule has 0 aromatic carbocycles. The van der Waals surface area contributed by atoms with E-state index in [1.54, 1.807) is 15.8 Å². The molecule has 4 rings (SSSR count). The summed E-state index contributed by atoms with van der Waals surface area (Å²) in [6.45, 7) is 4.92. The Morgan fingerprint density at radius 1 is 1.28 bits per heavy atom. The van der Waals surface area contributed by atoms with Gasteiger partial charge >= 0.3 is 0 Å². The normalized spacial score (nSPS) is 15.4. The van der Waals surface area contributed by atoms with Crippen molar-refractivity contribution in [2.45, 2.75) is 13.3 Å². The SMILES string of the molecule is CCNC(=NCCc1nnc2ccccn12)N1CCN(c2cnn(C)c2)C(=O)C1. The molecule has 10 nitrogen and oxygen atoms in total. The van der Waals surface area contributed by atoms with Gasteiger partial charge in [0.1, 0.15) is 12.4 Å². The van der Waals surface area contributed by atoms with Crippen molar-refractivity contribution in [3.05, 3.63) is 42.6 Å². The fourth-order valence-electron chi connectivity index (χ4n) is 3.42. The lowest BCUT2D eigenvalue weighted by Crippen LogP contribution is -2.55. The third-order valence-corrected chi connectivity index (χ3v) is 4.84. The van der Waals surface area contributed by atoms with E-state index in [0.29, 0.717) is 26.1 Å². The van der Waals surface area contributed by atoms with Gasteiger partial charge in [0.15, 0.2) is 11.6 Å². The molecule has 3 aromatic heterocycles. The van der Waals surface area contributed by atoms with Crippen molar-refractivity contribution in [3.8, 4) is 0 Å². The number of carbonyl (C=O) groups excluding carboxylic acids is 1. The molecule has 0 radical (unpaired) electrons. The fourth-order valence-corrected chi connectivity index (χ4v) is 3.42. The molecule has 3 aromatic rings. The minimum atomic E-state index is 0.0401. The van der Waals surface area contributed by atoms with Crippen LogP contribution in [-0.2, 0) is 18.3 Å². The van der Waals surface area contributed by atoms with Crippen LogP contribution < -0.4 is 10.2 Å².